The van der Waals surface area contributed by atoms with E-state index in [-0.39, 0.29) is 24.3 Å². The van der Waals surface area contributed by atoms with E-state index in [1.165, 1.54) is 6.42 Å². The van der Waals surface area contributed by atoms with E-state index in [9.17, 15) is 14.4 Å². The first-order valence-electron chi connectivity index (χ1n) is 8.78. The molecule has 0 bridgehead atoms. The molecule has 0 radical (unpaired) electrons. The van der Waals surface area contributed by atoms with Crippen LogP contribution in [0.3, 0.4) is 0 Å². The van der Waals surface area contributed by atoms with Crippen molar-refractivity contribution in [3.05, 3.63) is 24.2 Å². The minimum Gasteiger partial charge on any atom is -0.467 e. The van der Waals surface area contributed by atoms with Gasteiger partial charge < -0.3 is 14.6 Å². The van der Waals surface area contributed by atoms with Crippen LogP contribution in [0.2, 0.25) is 0 Å². The van der Waals surface area contributed by atoms with Crippen molar-refractivity contribution in [2.24, 2.45) is 5.92 Å². The number of hydrogen-bond acceptors (Lipinski definition) is 4. The molecule has 1 aromatic rings. The SMILES string of the molecule is O=C(NNC(=O)[C@H]1CC(=O)N(Cc2ccco2)C1)NC1CCCCC1. The summed E-state index contributed by atoms with van der Waals surface area (Å²) in [6.07, 6.45) is 7.08. The number of furan rings is 1. The van der Waals surface area contributed by atoms with Gasteiger partial charge in [-0.25, -0.2) is 10.2 Å². The van der Waals surface area contributed by atoms with Crippen LogP contribution in [0.15, 0.2) is 22.8 Å². The summed E-state index contributed by atoms with van der Waals surface area (Å²) in [5.74, 6) is -0.242. The topological polar surface area (TPSA) is 104 Å². The third-order valence-electron chi connectivity index (χ3n) is 4.75. The quantitative estimate of drug-likeness (QED) is 0.713. The Kier molecular flexibility index (Phi) is 5.57. The molecule has 2 fully saturated rings. The molecule has 4 amide bonds. The Labute approximate surface area is 146 Å². The van der Waals surface area contributed by atoms with Crippen LogP contribution < -0.4 is 16.2 Å². The number of amides is 4. The van der Waals surface area contributed by atoms with Crippen molar-refractivity contribution in [2.45, 2.75) is 51.1 Å². The maximum absolute atomic E-state index is 12.2. The Morgan fingerprint density at radius 1 is 1.20 bits per heavy atom. The highest BCUT2D eigenvalue weighted by Gasteiger charge is 2.34. The first-order valence-corrected chi connectivity index (χ1v) is 8.78. The van der Waals surface area contributed by atoms with Crippen molar-refractivity contribution in [3.63, 3.8) is 0 Å². The summed E-state index contributed by atoms with van der Waals surface area (Å²) in [6, 6.07) is 3.31. The Morgan fingerprint density at radius 3 is 2.72 bits per heavy atom. The van der Waals surface area contributed by atoms with Gasteiger partial charge in [0.25, 0.3) is 0 Å². The van der Waals surface area contributed by atoms with Crippen molar-refractivity contribution in [1.29, 1.82) is 0 Å². The van der Waals surface area contributed by atoms with Crippen LogP contribution in [-0.4, -0.2) is 35.3 Å². The monoisotopic (exact) mass is 348 g/mol. The highest BCUT2D eigenvalue weighted by atomic mass is 16.3. The number of nitrogens with zero attached hydrogens (tertiary/aromatic N) is 1. The van der Waals surface area contributed by atoms with E-state index in [0.29, 0.717) is 18.8 Å². The minimum atomic E-state index is -0.475. The van der Waals surface area contributed by atoms with Crippen LogP contribution in [0.5, 0.6) is 0 Å². The zero-order valence-corrected chi connectivity index (χ0v) is 14.1. The molecule has 0 unspecified atom stereocenters. The fraction of sp³-hybridized carbons (Fsp3) is 0.588. The van der Waals surface area contributed by atoms with Gasteiger partial charge in [0.2, 0.25) is 11.8 Å². The molecule has 1 saturated carbocycles. The molecular formula is C17H24N4O4. The average Bonchev–Trinajstić information content (AvgIpc) is 3.24. The van der Waals surface area contributed by atoms with Crippen LogP contribution in [0.4, 0.5) is 4.79 Å². The third-order valence-corrected chi connectivity index (χ3v) is 4.75. The molecule has 1 aliphatic heterocycles. The number of nitrogens with one attached hydrogen (secondary N) is 3. The molecule has 2 heterocycles. The minimum absolute atomic E-state index is 0.0943. The molecule has 2 aliphatic rings. The van der Waals surface area contributed by atoms with Crippen LogP contribution in [0.25, 0.3) is 0 Å². The van der Waals surface area contributed by atoms with Gasteiger partial charge in [-0.15, -0.1) is 0 Å². The molecule has 3 N–H and O–H groups in total. The fourth-order valence-corrected chi connectivity index (χ4v) is 3.38. The molecule has 136 valence electrons. The maximum atomic E-state index is 12.2. The Balaban J connectivity index is 1.40. The molecule has 8 nitrogen and oxygen atoms in total. The third kappa shape index (κ3) is 4.74. The van der Waals surface area contributed by atoms with Gasteiger partial charge in [-0.05, 0) is 25.0 Å². The van der Waals surface area contributed by atoms with Gasteiger partial charge in [0, 0.05) is 19.0 Å². The number of hydrogen-bond donors (Lipinski definition) is 3. The molecule has 25 heavy (non-hydrogen) atoms. The molecule has 1 atom stereocenters. The molecule has 1 aliphatic carbocycles. The Bertz CT molecular complexity index is 610. The predicted molar refractivity (Wildman–Crippen MR) is 88.9 cm³/mol. The van der Waals surface area contributed by atoms with E-state index in [4.69, 9.17) is 4.42 Å². The molecule has 8 heteroatoms. The van der Waals surface area contributed by atoms with E-state index in [0.717, 1.165) is 25.7 Å². The summed E-state index contributed by atoms with van der Waals surface area (Å²) < 4.78 is 5.23. The molecule has 0 aromatic carbocycles. The average molecular weight is 348 g/mol. The van der Waals surface area contributed by atoms with E-state index >= 15 is 0 Å². The van der Waals surface area contributed by atoms with Crippen molar-refractivity contribution in [3.8, 4) is 0 Å². The second kappa shape index (κ2) is 8.04. The largest absolute Gasteiger partial charge is 0.467 e. The molecular weight excluding hydrogens is 324 g/mol. The summed E-state index contributed by atoms with van der Waals surface area (Å²) in [5.41, 5.74) is 4.79. The lowest BCUT2D eigenvalue weighted by Crippen LogP contribution is -2.51. The van der Waals surface area contributed by atoms with Gasteiger partial charge in [0.05, 0.1) is 18.7 Å². The van der Waals surface area contributed by atoms with Gasteiger partial charge in [-0.3, -0.25) is 15.0 Å². The zero-order valence-electron chi connectivity index (χ0n) is 14.1. The molecule has 0 spiro atoms. The van der Waals surface area contributed by atoms with Crippen molar-refractivity contribution >= 4 is 17.8 Å². The lowest BCUT2D eigenvalue weighted by Gasteiger charge is -2.23. The summed E-state index contributed by atoms with van der Waals surface area (Å²) >= 11 is 0. The van der Waals surface area contributed by atoms with Gasteiger partial charge in [-0.1, -0.05) is 19.3 Å². The Hall–Kier alpha value is -2.51. The first-order chi connectivity index (χ1) is 12.1. The van der Waals surface area contributed by atoms with Crippen LogP contribution in [0, 0.1) is 5.92 Å². The zero-order chi connectivity index (χ0) is 17.6. The van der Waals surface area contributed by atoms with E-state index < -0.39 is 11.9 Å². The maximum Gasteiger partial charge on any atom is 0.333 e. The van der Waals surface area contributed by atoms with Gasteiger partial charge in [0.15, 0.2) is 0 Å². The molecule has 1 saturated heterocycles. The van der Waals surface area contributed by atoms with Crippen LogP contribution >= 0.6 is 0 Å². The Morgan fingerprint density at radius 2 is 2.00 bits per heavy atom. The van der Waals surface area contributed by atoms with Gasteiger partial charge in [0.1, 0.15) is 5.76 Å². The number of rotatable bonds is 4. The highest BCUT2D eigenvalue weighted by Crippen LogP contribution is 2.20. The lowest BCUT2D eigenvalue weighted by atomic mass is 9.96. The van der Waals surface area contributed by atoms with Crippen LogP contribution in [0.1, 0.15) is 44.3 Å². The highest BCUT2D eigenvalue weighted by molar-refractivity contribution is 5.90. The summed E-state index contributed by atoms with van der Waals surface area (Å²) in [7, 11) is 0. The summed E-state index contributed by atoms with van der Waals surface area (Å²) in [4.78, 5) is 37.6. The second-order valence-corrected chi connectivity index (χ2v) is 6.68. The normalized spacial score (nSPS) is 21.2. The summed E-state index contributed by atoms with van der Waals surface area (Å²) in [5, 5.41) is 2.86. The van der Waals surface area contributed by atoms with Crippen LogP contribution in [-0.2, 0) is 16.1 Å². The number of hydrazine groups is 1. The van der Waals surface area contributed by atoms with Crippen molar-refractivity contribution in [2.75, 3.05) is 6.54 Å². The number of likely N-dealkylation sites (tertiary alicyclic amines) is 1. The fourth-order valence-electron chi connectivity index (χ4n) is 3.38. The van der Waals surface area contributed by atoms with Crippen molar-refractivity contribution in [1.82, 2.24) is 21.1 Å². The number of carbonyl (C=O) groups is 3. The van der Waals surface area contributed by atoms with E-state index in [1.54, 1.807) is 23.3 Å². The van der Waals surface area contributed by atoms with Gasteiger partial charge >= 0.3 is 6.03 Å². The lowest BCUT2D eigenvalue weighted by molar-refractivity contribution is -0.129. The van der Waals surface area contributed by atoms with Crippen molar-refractivity contribution < 1.29 is 18.8 Å². The first kappa shape index (κ1) is 17.3. The number of urea groups is 1. The molecule has 1 aromatic heterocycles. The second-order valence-electron chi connectivity index (χ2n) is 6.68. The summed E-state index contributed by atoms with van der Waals surface area (Å²) in [6.45, 7) is 0.669. The predicted octanol–water partition coefficient (Wildman–Crippen LogP) is 1.29. The molecule has 3 rings (SSSR count). The van der Waals surface area contributed by atoms with Gasteiger partial charge in [-0.2, -0.15) is 0 Å². The van der Waals surface area contributed by atoms with E-state index in [1.807, 2.05) is 0 Å². The number of carbonyl (C=O) groups excluding carboxylic acids is 3. The smallest absolute Gasteiger partial charge is 0.333 e. The van der Waals surface area contributed by atoms with E-state index in [2.05, 4.69) is 16.2 Å². The standard InChI is InChI=1S/C17H24N4O4/c22-15-9-12(10-21(15)11-14-7-4-8-25-14)16(23)19-20-17(24)18-13-5-2-1-3-6-13/h4,7-8,12-13H,1-3,5-6,9-11H2,(H,19,23)(H2,18,20,24)/t12-/m0/s1.